The fourth-order valence-electron chi connectivity index (χ4n) is 1.17. The van der Waals surface area contributed by atoms with Crippen LogP contribution in [0.25, 0.3) is 0 Å². The molecule has 0 radical (unpaired) electrons. The molecule has 15 heavy (non-hydrogen) atoms. The van der Waals surface area contributed by atoms with E-state index in [4.69, 9.17) is 5.11 Å². The number of nitrogens with one attached hydrogen (secondary N) is 1. The van der Waals surface area contributed by atoms with Gasteiger partial charge < -0.3 is 15.2 Å². The molecule has 0 amide bonds. The summed E-state index contributed by atoms with van der Waals surface area (Å²) in [6.07, 6.45) is 1.26. The van der Waals surface area contributed by atoms with Crippen molar-refractivity contribution in [3.8, 4) is 0 Å². The monoisotopic (exact) mass is 207 g/mol. The largest absolute Gasteiger partial charge is 0.388 e. The summed E-state index contributed by atoms with van der Waals surface area (Å²) >= 11 is 0. The summed E-state index contributed by atoms with van der Waals surface area (Å²) < 4.78 is 0. The Morgan fingerprint density at radius 1 is 1.47 bits per heavy atom. The van der Waals surface area contributed by atoms with Gasteiger partial charge in [-0.3, -0.25) is 4.79 Å². The molecule has 0 unspecified atom stereocenters. The number of hydrogen-bond donors (Lipinski definition) is 2. The average molecular weight is 207 g/mol. The van der Waals surface area contributed by atoms with E-state index in [1.165, 1.54) is 0 Å². The standard InChI is InChI=1S/C11H13NO3/c13-6-2-5-12-10-4-1-3-9(7-10)11(15)8-14/h1,3-4,6-7,12,14H,2,5,8H2. The van der Waals surface area contributed by atoms with Gasteiger partial charge in [-0.1, -0.05) is 12.1 Å². The Labute approximate surface area is 87.9 Å². The van der Waals surface area contributed by atoms with Gasteiger partial charge in [-0.2, -0.15) is 0 Å². The molecule has 0 saturated carbocycles. The van der Waals surface area contributed by atoms with Crippen LogP contribution in [-0.4, -0.2) is 30.3 Å². The minimum atomic E-state index is -0.488. The molecule has 0 fully saturated rings. The molecule has 0 atom stereocenters. The van der Waals surface area contributed by atoms with Gasteiger partial charge >= 0.3 is 0 Å². The van der Waals surface area contributed by atoms with Gasteiger partial charge in [0.15, 0.2) is 5.78 Å². The van der Waals surface area contributed by atoms with Crippen molar-refractivity contribution < 1.29 is 14.7 Å². The van der Waals surface area contributed by atoms with Crippen LogP contribution >= 0.6 is 0 Å². The molecule has 0 aliphatic carbocycles. The number of rotatable bonds is 6. The molecule has 0 aliphatic heterocycles. The topological polar surface area (TPSA) is 66.4 Å². The lowest BCUT2D eigenvalue weighted by Crippen LogP contribution is -2.06. The highest BCUT2D eigenvalue weighted by molar-refractivity contribution is 5.97. The molecule has 2 N–H and O–H groups in total. The van der Waals surface area contributed by atoms with E-state index >= 15 is 0 Å². The number of hydrogen-bond acceptors (Lipinski definition) is 4. The Morgan fingerprint density at radius 3 is 2.93 bits per heavy atom. The predicted octanol–water partition coefficient (Wildman–Crippen LogP) is 0.862. The number of Topliss-reactive ketones (excluding diaryl/α,β-unsaturated/α-hetero) is 1. The van der Waals surface area contributed by atoms with E-state index in [-0.39, 0.29) is 5.78 Å². The maximum Gasteiger partial charge on any atom is 0.188 e. The van der Waals surface area contributed by atoms with Gasteiger partial charge in [0.25, 0.3) is 0 Å². The molecule has 0 heterocycles. The zero-order valence-electron chi connectivity index (χ0n) is 8.27. The van der Waals surface area contributed by atoms with Gasteiger partial charge in [-0.25, -0.2) is 0 Å². The van der Waals surface area contributed by atoms with Crippen molar-refractivity contribution in [2.45, 2.75) is 6.42 Å². The van der Waals surface area contributed by atoms with Gasteiger partial charge in [0, 0.05) is 24.2 Å². The van der Waals surface area contributed by atoms with E-state index in [1.807, 2.05) is 0 Å². The first-order chi connectivity index (χ1) is 7.27. The van der Waals surface area contributed by atoms with Crippen LogP contribution in [0.4, 0.5) is 5.69 Å². The second-order valence-corrected chi connectivity index (χ2v) is 3.04. The molecular formula is C11H13NO3. The van der Waals surface area contributed by atoms with Gasteiger partial charge in [0.1, 0.15) is 12.9 Å². The Bertz CT molecular complexity index is 349. The van der Waals surface area contributed by atoms with Crippen LogP contribution in [0.2, 0.25) is 0 Å². The van der Waals surface area contributed by atoms with Crippen molar-refractivity contribution in [2.75, 3.05) is 18.5 Å². The third kappa shape index (κ3) is 3.52. The highest BCUT2D eigenvalue weighted by atomic mass is 16.3. The molecule has 0 spiro atoms. The number of aliphatic hydroxyl groups excluding tert-OH is 1. The fourth-order valence-corrected chi connectivity index (χ4v) is 1.17. The molecule has 0 aromatic heterocycles. The smallest absolute Gasteiger partial charge is 0.188 e. The fraction of sp³-hybridized carbons (Fsp3) is 0.273. The minimum Gasteiger partial charge on any atom is -0.388 e. The van der Waals surface area contributed by atoms with E-state index < -0.39 is 6.61 Å². The highest BCUT2D eigenvalue weighted by Crippen LogP contribution is 2.10. The number of benzene rings is 1. The van der Waals surface area contributed by atoms with E-state index in [1.54, 1.807) is 24.3 Å². The minimum absolute atomic E-state index is 0.311. The lowest BCUT2D eigenvalue weighted by atomic mass is 10.1. The van der Waals surface area contributed by atoms with Gasteiger partial charge in [-0.05, 0) is 12.1 Å². The molecular weight excluding hydrogens is 194 g/mol. The first kappa shape index (κ1) is 11.4. The van der Waals surface area contributed by atoms with Crippen molar-refractivity contribution in [2.24, 2.45) is 0 Å². The third-order valence-electron chi connectivity index (χ3n) is 1.92. The number of carbonyl (C=O) groups is 2. The second kappa shape index (κ2) is 5.93. The average Bonchev–Trinajstić information content (AvgIpc) is 2.29. The van der Waals surface area contributed by atoms with Gasteiger partial charge in [0.05, 0.1) is 0 Å². The normalized spacial score (nSPS) is 9.67. The van der Waals surface area contributed by atoms with Crippen LogP contribution in [0, 0.1) is 0 Å². The molecule has 1 aromatic carbocycles. The van der Waals surface area contributed by atoms with Crippen molar-refractivity contribution in [1.82, 2.24) is 0 Å². The molecule has 1 rings (SSSR count). The molecule has 0 aliphatic rings. The molecule has 4 nitrogen and oxygen atoms in total. The third-order valence-corrected chi connectivity index (χ3v) is 1.92. The van der Waals surface area contributed by atoms with Crippen molar-refractivity contribution in [3.05, 3.63) is 29.8 Å². The Balaban J connectivity index is 2.65. The number of aldehydes is 1. The maximum absolute atomic E-state index is 11.2. The quantitative estimate of drug-likeness (QED) is 0.412. The van der Waals surface area contributed by atoms with Crippen molar-refractivity contribution in [3.63, 3.8) is 0 Å². The maximum atomic E-state index is 11.2. The molecule has 4 heteroatoms. The summed E-state index contributed by atoms with van der Waals surface area (Å²) in [6.45, 7) is 0.0536. The molecule has 0 saturated heterocycles. The highest BCUT2D eigenvalue weighted by Gasteiger charge is 2.03. The molecule has 1 aromatic rings. The predicted molar refractivity (Wildman–Crippen MR) is 57.0 cm³/mol. The first-order valence-electron chi connectivity index (χ1n) is 4.69. The summed E-state index contributed by atoms with van der Waals surface area (Å²) in [7, 11) is 0. The van der Waals surface area contributed by atoms with Crippen molar-refractivity contribution >= 4 is 17.8 Å². The lowest BCUT2D eigenvalue weighted by molar-refractivity contribution is -0.107. The van der Waals surface area contributed by atoms with Crippen LogP contribution < -0.4 is 5.32 Å². The zero-order chi connectivity index (χ0) is 11.1. The van der Waals surface area contributed by atoms with Gasteiger partial charge in [0.2, 0.25) is 0 Å². The number of aliphatic hydroxyl groups is 1. The van der Waals surface area contributed by atoms with E-state index in [0.717, 1.165) is 12.0 Å². The number of anilines is 1. The van der Waals surface area contributed by atoms with E-state index in [9.17, 15) is 9.59 Å². The van der Waals surface area contributed by atoms with Crippen LogP contribution in [-0.2, 0) is 4.79 Å². The SMILES string of the molecule is O=CCCNc1cccc(C(=O)CO)c1. The van der Waals surface area contributed by atoms with Crippen LogP contribution in [0.1, 0.15) is 16.8 Å². The number of ketones is 1. The molecule has 0 bridgehead atoms. The van der Waals surface area contributed by atoms with Gasteiger partial charge in [-0.15, -0.1) is 0 Å². The van der Waals surface area contributed by atoms with E-state index in [0.29, 0.717) is 18.5 Å². The Morgan fingerprint density at radius 2 is 2.27 bits per heavy atom. The van der Waals surface area contributed by atoms with E-state index in [2.05, 4.69) is 5.32 Å². The summed E-state index contributed by atoms with van der Waals surface area (Å²) in [5.41, 5.74) is 1.24. The van der Waals surface area contributed by atoms with Crippen LogP contribution in [0.5, 0.6) is 0 Å². The summed E-state index contributed by atoms with van der Waals surface area (Å²) in [4.78, 5) is 21.3. The van der Waals surface area contributed by atoms with Crippen LogP contribution in [0.15, 0.2) is 24.3 Å². The second-order valence-electron chi connectivity index (χ2n) is 3.04. The van der Waals surface area contributed by atoms with Crippen molar-refractivity contribution in [1.29, 1.82) is 0 Å². The number of carbonyl (C=O) groups excluding carboxylic acids is 2. The summed E-state index contributed by atoms with van der Waals surface area (Å²) in [6, 6.07) is 6.83. The Kier molecular flexibility index (Phi) is 4.50. The molecule has 80 valence electrons. The first-order valence-corrected chi connectivity index (χ1v) is 4.69. The summed E-state index contributed by atoms with van der Waals surface area (Å²) in [5.74, 6) is -0.311. The lowest BCUT2D eigenvalue weighted by Gasteiger charge is -2.05. The van der Waals surface area contributed by atoms with Crippen LogP contribution in [0.3, 0.4) is 0 Å². The zero-order valence-corrected chi connectivity index (χ0v) is 8.27. The Hall–Kier alpha value is -1.68. The summed E-state index contributed by atoms with van der Waals surface area (Å²) in [5, 5.41) is 11.7.